The Bertz CT molecular complexity index is 243. The summed E-state index contributed by atoms with van der Waals surface area (Å²) in [5, 5.41) is 4.56. The zero-order chi connectivity index (χ0) is 13.9. The fourth-order valence-electron chi connectivity index (χ4n) is 1.38. The molecule has 0 aliphatic heterocycles. The fraction of sp³-hybridized carbons (Fsp3) is 0.923. The van der Waals surface area contributed by atoms with Crippen molar-refractivity contribution in [2.75, 3.05) is 0 Å². The standard InChI is InChI=1S/C13H26O4/c1-9(2)13(8,10(3)4)11(14)15-17-16-12(5,6)7/h9-10H,1-8H3. The molecule has 0 rings (SSSR count). The van der Waals surface area contributed by atoms with E-state index in [1.54, 1.807) is 0 Å². The van der Waals surface area contributed by atoms with Crippen molar-refractivity contribution >= 4 is 5.97 Å². The van der Waals surface area contributed by atoms with Gasteiger partial charge in [0, 0.05) is 0 Å². The lowest BCUT2D eigenvalue weighted by Crippen LogP contribution is -2.40. The first-order valence-corrected chi connectivity index (χ1v) is 6.08. The van der Waals surface area contributed by atoms with E-state index in [1.807, 2.05) is 55.4 Å². The van der Waals surface area contributed by atoms with Crippen LogP contribution in [-0.2, 0) is 19.6 Å². The molecule has 0 radical (unpaired) electrons. The van der Waals surface area contributed by atoms with Crippen LogP contribution < -0.4 is 0 Å². The van der Waals surface area contributed by atoms with Gasteiger partial charge in [0.25, 0.3) is 0 Å². The van der Waals surface area contributed by atoms with Gasteiger partial charge in [-0.3, -0.25) is 4.89 Å². The molecule has 0 fully saturated rings. The molecule has 0 aromatic carbocycles. The third-order valence-electron chi connectivity index (χ3n) is 3.23. The molecule has 102 valence electrons. The van der Waals surface area contributed by atoms with Crippen LogP contribution in [0.25, 0.3) is 0 Å². The summed E-state index contributed by atoms with van der Waals surface area (Å²) in [6.07, 6.45) is 0. The third-order valence-corrected chi connectivity index (χ3v) is 3.23. The summed E-state index contributed by atoms with van der Waals surface area (Å²) in [6, 6.07) is 0. The van der Waals surface area contributed by atoms with Gasteiger partial charge in [0.1, 0.15) is 0 Å². The summed E-state index contributed by atoms with van der Waals surface area (Å²) in [7, 11) is 0. The van der Waals surface area contributed by atoms with E-state index in [-0.39, 0.29) is 11.8 Å². The van der Waals surface area contributed by atoms with Crippen LogP contribution >= 0.6 is 0 Å². The average molecular weight is 246 g/mol. The van der Waals surface area contributed by atoms with Gasteiger partial charge in [-0.15, -0.1) is 0 Å². The molecule has 0 bridgehead atoms. The molecule has 0 atom stereocenters. The van der Waals surface area contributed by atoms with E-state index in [0.717, 1.165) is 0 Å². The van der Waals surface area contributed by atoms with Crippen LogP contribution in [0.2, 0.25) is 0 Å². The number of carbonyl (C=O) groups is 1. The van der Waals surface area contributed by atoms with Crippen LogP contribution in [0.1, 0.15) is 55.4 Å². The van der Waals surface area contributed by atoms with Crippen molar-refractivity contribution in [3.63, 3.8) is 0 Å². The quantitative estimate of drug-likeness (QED) is 0.550. The minimum Gasteiger partial charge on any atom is -0.268 e. The highest BCUT2D eigenvalue weighted by Gasteiger charge is 2.42. The molecule has 4 heteroatoms. The van der Waals surface area contributed by atoms with E-state index in [0.29, 0.717) is 0 Å². The van der Waals surface area contributed by atoms with Gasteiger partial charge in [-0.2, -0.15) is 4.89 Å². The van der Waals surface area contributed by atoms with Gasteiger partial charge in [0.2, 0.25) is 0 Å². The molecule has 0 N–H and O–H groups in total. The lowest BCUT2D eigenvalue weighted by Gasteiger charge is -2.34. The van der Waals surface area contributed by atoms with Crippen molar-refractivity contribution in [2.24, 2.45) is 17.3 Å². The second-order valence-electron chi connectivity index (χ2n) is 6.23. The molecule has 0 aromatic rings. The van der Waals surface area contributed by atoms with Gasteiger partial charge < -0.3 is 0 Å². The van der Waals surface area contributed by atoms with Gasteiger partial charge in [-0.1, -0.05) is 27.7 Å². The molecular formula is C13H26O4. The Hall–Kier alpha value is -0.610. The summed E-state index contributed by atoms with van der Waals surface area (Å²) in [5.74, 6) is -0.0757. The van der Waals surface area contributed by atoms with Crippen LogP contribution in [0.15, 0.2) is 0 Å². The molecule has 17 heavy (non-hydrogen) atoms. The topological polar surface area (TPSA) is 44.8 Å². The minimum atomic E-state index is -0.582. The van der Waals surface area contributed by atoms with Gasteiger partial charge in [-0.05, 0) is 44.6 Å². The van der Waals surface area contributed by atoms with Crippen LogP contribution in [-0.4, -0.2) is 11.6 Å². The van der Waals surface area contributed by atoms with Crippen molar-refractivity contribution < 1.29 is 19.6 Å². The highest BCUT2D eigenvalue weighted by Crippen LogP contribution is 2.36. The monoisotopic (exact) mass is 246 g/mol. The fourth-order valence-corrected chi connectivity index (χ4v) is 1.38. The van der Waals surface area contributed by atoms with Gasteiger partial charge in [0.05, 0.1) is 11.0 Å². The predicted molar refractivity (Wildman–Crippen MR) is 65.8 cm³/mol. The largest absolute Gasteiger partial charge is 0.351 e. The molecule has 0 aromatic heterocycles. The maximum absolute atomic E-state index is 12.0. The van der Waals surface area contributed by atoms with Crippen LogP contribution in [0.5, 0.6) is 0 Å². The molecule has 0 aliphatic carbocycles. The molecule has 4 nitrogen and oxygen atoms in total. The second-order valence-corrected chi connectivity index (χ2v) is 6.23. The van der Waals surface area contributed by atoms with Gasteiger partial charge in [-0.25, -0.2) is 4.79 Å². The Morgan fingerprint density at radius 2 is 1.35 bits per heavy atom. The smallest absolute Gasteiger partial charge is 0.268 e. The zero-order valence-electron chi connectivity index (χ0n) is 12.3. The van der Waals surface area contributed by atoms with Crippen LogP contribution in [0.3, 0.4) is 0 Å². The van der Waals surface area contributed by atoms with Crippen molar-refractivity contribution in [1.82, 2.24) is 0 Å². The van der Waals surface area contributed by atoms with Gasteiger partial charge in [0.15, 0.2) is 0 Å². The first kappa shape index (κ1) is 16.4. The minimum absolute atomic E-state index is 0.160. The highest BCUT2D eigenvalue weighted by molar-refractivity contribution is 5.76. The van der Waals surface area contributed by atoms with Crippen LogP contribution in [0, 0.1) is 17.3 Å². The van der Waals surface area contributed by atoms with E-state index in [9.17, 15) is 4.79 Å². The molecule has 0 heterocycles. The normalized spacial score (nSPS) is 13.3. The van der Waals surface area contributed by atoms with Crippen LogP contribution in [0.4, 0.5) is 0 Å². The molecular weight excluding hydrogens is 220 g/mol. The Morgan fingerprint density at radius 3 is 1.65 bits per heavy atom. The zero-order valence-corrected chi connectivity index (χ0v) is 12.3. The van der Waals surface area contributed by atoms with Crippen molar-refractivity contribution in [1.29, 1.82) is 0 Å². The molecule has 0 unspecified atom stereocenters. The first-order valence-electron chi connectivity index (χ1n) is 6.08. The lowest BCUT2D eigenvalue weighted by atomic mass is 9.71. The van der Waals surface area contributed by atoms with Gasteiger partial charge >= 0.3 is 5.97 Å². The summed E-state index contributed by atoms with van der Waals surface area (Å²) in [4.78, 5) is 21.7. The Balaban J connectivity index is 4.47. The molecule has 0 spiro atoms. The predicted octanol–water partition coefficient (Wildman–Crippen LogP) is 3.51. The maximum Gasteiger partial charge on any atom is 0.351 e. The summed E-state index contributed by atoms with van der Waals surface area (Å²) in [6.45, 7) is 15.3. The number of carbonyl (C=O) groups excluding carboxylic acids is 1. The number of rotatable bonds is 5. The molecule has 0 saturated heterocycles. The van der Waals surface area contributed by atoms with Crippen molar-refractivity contribution in [2.45, 2.75) is 61.0 Å². The summed E-state index contributed by atoms with van der Waals surface area (Å²) < 4.78 is 0. The Kier molecular flexibility index (Phi) is 5.62. The average Bonchev–Trinajstić information content (AvgIpc) is 2.13. The maximum atomic E-state index is 12.0. The summed E-state index contributed by atoms with van der Waals surface area (Å²) >= 11 is 0. The molecule has 0 amide bonds. The van der Waals surface area contributed by atoms with E-state index < -0.39 is 17.0 Å². The van der Waals surface area contributed by atoms with Crippen molar-refractivity contribution in [3.8, 4) is 0 Å². The van der Waals surface area contributed by atoms with E-state index >= 15 is 0 Å². The van der Waals surface area contributed by atoms with E-state index in [1.165, 1.54) is 0 Å². The highest BCUT2D eigenvalue weighted by atomic mass is 17.5. The summed E-state index contributed by atoms with van der Waals surface area (Å²) in [5.41, 5.74) is -1.09. The second kappa shape index (κ2) is 5.83. The Labute approximate surface area is 104 Å². The van der Waals surface area contributed by atoms with E-state index in [2.05, 4.69) is 5.04 Å². The lowest BCUT2D eigenvalue weighted by molar-refractivity contribution is -0.517. The Morgan fingerprint density at radius 1 is 0.941 bits per heavy atom. The van der Waals surface area contributed by atoms with E-state index in [4.69, 9.17) is 9.78 Å². The number of hydrogen-bond donors (Lipinski definition) is 0. The third kappa shape index (κ3) is 4.64. The van der Waals surface area contributed by atoms with Crippen molar-refractivity contribution in [3.05, 3.63) is 0 Å². The molecule has 0 aliphatic rings. The number of hydrogen-bond acceptors (Lipinski definition) is 4. The SMILES string of the molecule is CC(C)C(C)(C(=O)OOOC(C)(C)C)C(C)C. The molecule has 0 saturated carbocycles. The first-order chi connectivity index (χ1) is 7.51.